The average molecular weight is 275 g/mol. The first-order valence-electron chi connectivity index (χ1n) is 6.73. The molecule has 2 aliphatic heterocycles. The van der Waals surface area contributed by atoms with Crippen molar-refractivity contribution in [2.45, 2.75) is 19.4 Å². The molecule has 3 rings (SSSR count). The summed E-state index contributed by atoms with van der Waals surface area (Å²) in [6, 6.07) is 5.96. The van der Waals surface area contributed by atoms with Gasteiger partial charge in [-0.25, -0.2) is 4.79 Å². The number of benzene rings is 1. The van der Waals surface area contributed by atoms with Gasteiger partial charge in [-0.05, 0) is 24.1 Å². The highest BCUT2D eigenvalue weighted by atomic mass is 16.6. The number of hydrogen-bond donors (Lipinski definition) is 2. The van der Waals surface area contributed by atoms with Crippen LogP contribution in [0.5, 0.6) is 0 Å². The molecule has 2 amide bonds. The summed E-state index contributed by atoms with van der Waals surface area (Å²) in [7, 11) is 0. The first-order valence-corrected chi connectivity index (χ1v) is 6.73. The van der Waals surface area contributed by atoms with Crippen molar-refractivity contribution in [1.82, 2.24) is 5.32 Å². The second-order valence-corrected chi connectivity index (χ2v) is 5.07. The summed E-state index contributed by atoms with van der Waals surface area (Å²) in [5.41, 5.74) is 3.19. The molecule has 2 N–H and O–H groups in total. The highest BCUT2D eigenvalue weighted by Crippen LogP contribution is 2.29. The lowest BCUT2D eigenvalue weighted by Crippen LogP contribution is -2.33. The molecule has 6 heteroatoms. The minimum Gasteiger partial charge on any atom is -0.442 e. The molecule has 1 fully saturated rings. The first kappa shape index (κ1) is 12.8. The van der Waals surface area contributed by atoms with Gasteiger partial charge in [0, 0.05) is 24.8 Å². The fourth-order valence-electron chi connectivity index (χ4n) is 2.54. The van der Waals surface area contributed by atoms with E-state index in [-0.39, 0.29) is 18.1 Å². The maximum Gasteiger partial charge on any atom is 0.414 e. The van der Waals surface area contributed by atoms with Crippen LogP contribution in [0.1, 0.15) is 12.5 Å². The number of carbonyl (C=O) groups is 2. The van der Waals surface area contributed by atoms with Crippen LogP contribution in [0.2, 0.25) is 0 Å². The second kappa shape index (κ2) is 5.03. The van der Waals surface area contributed by atoms with Crippen LogP contribution in [0.4, 0.5) is 16.2 Å². The van der Waals surface area contributed by atoms with Crippen LogP contribution in [0.15, 0.2) is 18.2 Å². The zero-order chi connectivity index (χ0) is 14.1. The zero-order valence-corrected chi connectivity index (χ0v) is 11.3. The number of nitrogens with one attached hydrogen (secondary N) is 2. The Morgan fingerprint density at radius 3 is 3.20 bits per heavy atom. The van der Waals surface area contributed by atoms with Crippen LogP contribution in [-0.2, 0) is 16.0 Å². The smallest absolute Gasteiger partial charge is 0.414 e. The van der Waals surface area contributed by atoms with Crippen molar-refractivity contribution < 1.29 is 14.3 Å². The predicted octanol–water partition coefficient (Wildman–Crippen LogP) is 1.12. The van der Waals surface area contributed by atoms with Crippen molar-refractivity contribution in [2.24, 2.45) is 0 Å². The normalized spacial score (nSPS) is 20.4. The van der Waals surface area contributed by atoms with E-state index in [1.807, 2.05) is 18.2 Å². The van der Waals surface area contributed by atoms with Gasteiger partial charge in [0.25, 0.3) is 0 Å². The minimum atomic E-state index is -0.363. The molecule has 0 saturated carbocycles. The number of hydrogen-bond acceptors (Lipinski definition) is 4. The molecule has 2 aliphatic rings. The Bertz CT molecular complexity index is 559. The van der Waals surface area contributed by atoms with Gasteiger partial charge in [-0.3, -0.25) is 9.69 Å². The van der Waals surface area contributed by atoms with Gasteiger partial charge in [0.15, 0.2) is 0 Å². The number of ether oxygens (including phenoxy) is 1. The molecule has 0 aromatic heterocycles. The van der Waals surface area contributed by atoms with Crippen LogP contribution < -0.4 is 15.5 Å². The first-order chi connectivity index (χ1) is 9.63. The van der Waals surface area contributed by atoms with E-state index in [9.17, 15) is 9.59 Å². The van der Waals surface area contributed by atoms with Gasteiger partial charge < -0.3 is 15.4 Å². The summed E-state index contributed by atoms with van der Waals surface area (Å²) in [4.78, 5) is 24.4. The Balaban J connectivity index is 1.71. The van der Waals surface area contributed by atoms with Crippen molar-refractivity contribution in [1.29, 1.82) is 0 Å². The number of carbonyl (C=O) groups excluding carboxylic acids is 2. The van der Waals surface area contributed by atoms with E-state index in [2.05, 4.69) is 10.6 Å². The van der Waals surface area contributed by atoms with Gasteiger partial charge in [0.05, 0.1) is 13.1 Å². The van der Waals surface area contributed by atoms with Crippen molar-refractivity contribution in [3.05, 3.63) is 23.8 Å². The predicted molar refractivity (Wildman–Crippen MR) is 74.9 cm³/mol. The summed E-state index contributed by atoms with van der Waals surface area (Å²) < 4.78 is 5.25. The molecular formula is C14H17N3O3. The highest BCUT2D eigenvalue weighted by molar-refractivity contribution is 5.90. The standard InChI is InChI=1S/C14H17N3O3/c1-9(18)16-7-12-8-17(14(19)20-12)11-3-2-10-4-5-15-13(10)6-11/h2-3,6,12,15H,4-5,7-8H2,1H3,(H,16,18). The van der Waals surface area contributed by atoms with Gasteiger partial charge in [0.2, 0.25) is 5.91 Å². The Kier molecular flexibility index (Phi) is 3.22. The van der Waals surface area contributed by atoms with Crippen molar-refractivity contribution in [3.63, 3.8) is 0 Å². The lowest BCUT2D eigenvalue weighted by atomic mass is 10.1. The largest absolute Gasteiger partial charge is 0.442 e. The van der Waals surface area contributed by atoms with Crippen molar-refractivity contribution in [3.8, 4) is 0 Å². The van der Waals surface area contributed by atoms with E-state index < -0.39 is 0 Å². The third-order valence-electron chi connectivity index (χ3n) is 3.57. The van der Waals surface area contributed by atoms with Gasteiger partial charge >= 0.3 is 6.09 Å². The molecule has 1 aromatic carbocycles. The lowest BCUT2D eigenvalue weighted by molar-refractivity contribution is -0.119. The molecule has 0 bridgehead atoms. The molecule has 106 valence electrons. The molecule has 0 aliphatic carbocycles. The van der Waals surface area contributed by atoms with Crippen molar-refractivity contribution in [2.75, 3.05) is 29.9 Å². The quantitative estimate of drug-likeness (QED) is 0.867. The molecule has 1 aromatic rings. The second-order valence-electron chi connectivity index (χ2n) is 5.07. The molecule has 1 saturated heterocycles. The highest BCUT2D eigenvalue weighted by Gasteiger charge is 2.32. The summed E-state index contributed by atoms with van der Waals surface area (Å²) >= 11 is 0. The number of nitrogens with zero attached hydrogens (tertiary/aromatic N) is 1. The molecule has 0 radical (unpaired) electrons. The number of anilines is 2. The Labute approximate surface area is 117 Å². The topological polar surface area (TPSA) is 70.7 Å². The third kappa shape index (κ3) is 2.41. The number of amides is 2. The summed E-state index contributed by atoms with van der Waals surface area (Å²) in [6.45, 7) is 3.19. The molecule has 6 nitrogen and oxygen atoms in total. The van der Waals surface area contributed by atoms with Crippen LogP contribution >= 0.6 is 0 Å². The van der Waals surface area contributed by atoms with Crippen LogP contribution in [0.3, 0.4) is 0 Å². The molecular weight excluding hydrogens is 258 g/mol. The minimum absolute atomic E-state index is 0.124. The van der Waals surface area contributed by atoms with E-state index in [1.165, 1.54) is 12.5 Å². The van der Waals surface area contributed by atoms with Gasteiger partial charge in [-0.2, -0.15) is 0 Å². The van der Waals surface area contributed by atoms with E-state index in [0.717, 1.165) is 24.3 Å². The van der Waals surface area contributed by atoms with Crippen LogP contribution in [-0.4, -0.2) is 37.7 Å². The Hall–Kier alpha value is -2.24. The average Bonchev–Trinajstić information content (AvgIpc) is 3.01. The summed E-state index contributed by atoms with van der Waals surface area (Å²) in [6.07, 6.45) is 0.358. The van der Waals surface area contributed by atoms with Gasteiger partial charge in [0.1, 0.15) is 6.10 Å². The molecule has 2 heterocycles. The summed E-state index contributed by atoms with van der Waals surface area (Å²) in [5, 5.41) is 5.96. The molecule has 0 spiro atoms. The molecule has 20 heavy (non-hydrogen) atoms. The Morgan fingerprint density at radius 2 is 2.40 bits per heavy atom. The summed E-state index contributed by atoms with van der Waals surface area (Å²) in [5.74, 6) is -0.124. The number of rotatable bonds is 3. The monoisotopic (exact) mass is 275 g/mol. The lowest BCUT2D eigenvalue weighted by Gasteiger charge is -2.14. The SMILES string of the molecule is CC(=O)NCC1CN(c2ccc3c(c2)NCC3)C(=O)O1. The zero-order valence-electron chi connectivity index (χ0n) is 11.3. The Morgan fingerprint density at radius 1 is 1.55 bits per heavy atom. The third-order valence-corrected chi connectivity index (χ3v) is 3.57. The van der Waals surface area contributed by atoms with E-state index >= 15 is 0 Å². The van der Waals surface area contributed by atoms with Gasteiger partial charge in [-0.15, -0.1) is 0 Å². The van der Waals surface area contributed by atoms with Crippen LogP contribution in [0, 0.1) is 0 Å². The fourth-order valence-corrected chi connectivity index (χ4v) is 2.54. The van der Waals surface area contributed by atoms with E-state index in [4.69, 9.17) is 4.74 Å². The number of cyclic esters (lactones) is 1. The van der Waals surface area contributed by atoms with E-state index in [0.29, 0.717) is 13.1 Å². The van der Waals surface area contributed by atoms with Crippen molar-refractivity contribution >= 4 is 23.4 Å². The fraction of sp³-hybridized carbons (Fsp3) is 0.429. The number of fused-ring (bicyclic) bond motifs is 1. The van der Waals surface area contributed by atoms with Crippen LogP contribution in [0.25, 0.3) is 0 Å². The molecule has 1 atom stereocenters. The maximum atomic E-state index is 11.9. The van der Waals surface area contributed by atoms with Gasteiger partial charge in [-0.1, -0.05) is 6.07 Å². The molecule has 1 unspecified atom stereocenters. The maximum absolute atomic E-state index is 11.9. The van der Waals surface area contributed by atoms with E-state index in [1.54, 1.807) is 4.90 Å².